The molecule has 0 atom stereocenters. The van der Waals surface area contributed by atoms with Crippen LogP contribution in [0.4, 0.5) is 8.78 Å². The van der Waals surface area contributed by atoms with Crippen LogP contribution < -0.4 is 0 Å². The largest absolute Gasteiger partial charge is 0.327 e. The summed E-state index contributed by atoms with van der Waals surface area (Å²) in [4.78, 5) is 9.08. The van der Waals surface area contributed by atoms with E-state index in [4.69, 9.17) is 16.6 Å². The highest BCUT2D eigenvalue weighted by Gasteiger charge is 2.25. The van der Waals surface area contributed by atoms with Crippen LogP contribution in [0.2, 0.25) is 5.02 Å². The predicted octanol–water partition coefficient (Wildman–Crippen LogP) is 5.64. The van der Waals surface area contributed by atoms with Crippen LogP contribution in [-0.2, 0) is 13.0 Å². The summed E-state index contributed by atoms with van der Waals surface area (Å²) in [6, 6.07) is 12.0. The Labute approximate surface area is 159 Å². The molecular formula is C21H14ClF2N3. The van der Waals surface area contributed by atoms with Crippen molar-refractivity contribution in [3.05, 3.63) is 71.1 Å². The highest BCUT2D eigenvalue weighted by molar-refractivity contribution is 6.33. The van der Waals surface area contributed by atoms with E-state index in [0.29, 0.717) is 11.3 Å². The van der Waals surface area contributed by atoms with E-state index in [-0.39, 0.29) is 5.02 Å². The van der Waals surface area contributed by atoms with E-state index in [1.54, 1.807) is 6.20 Å². The van der Waals surface area contributed by atoms with Crippen molar-refractivity contribution in [2.24, 2.45) is 0 Å². The molecule has 1 aliphatic heterocycles. The zero-order valence-corrected chi connectivity index (χ0v) is 15.0. The molecule has 0 amide bonds. The minimum Gasteiger partial charge on any atom is -0.327 e. The topological polar surface area (TPSA) is 30.7 Å². The molecule has 134 valence electrons. The lowest BCUT2D eigenvalue weighted by Crippen LogP contribution is -1.97. The summed E-state index contributed by atoms with van der Waals surface area (Å²) >= 11 is 6.25. The van der Waals surface area contributed by atoms with E-state index in [1.807, 2.05) is 30.3 Å². The SMILES string of the molecule is Fc1cc(Cl)c(-c2nc3n(c2-c2ccc4ncccc4c2)CCC3)cc1F. The number of hydrogen-bond donors (Lipinski definition) is 0. The number of hydrogen-bond acceptors (Lipinski definition) is 2. The Balaban J connectivity index is 1.78. The van der Waals surface area contributed by atoms with Crippen LogP contribution in [0.25, 0.3) is 33.4 Å². The maximum Gasteiger partial charge on any atom is 0.160 e. The van der Waals surface area contributed by atoms with Gasteiger partial charge >= 0.3 is 0 Å². The van der Waals surface area contributed by atoms with Crippen molar-refractivity contribution in [2.45, 2.75) is 19.4 Å². The van der Waals surface area contributed by atoms with Gasteiger partial charge in [-0.25, -0.2) is 13.8 Å². The lowest BCUT2D eigenvalue weighted by Gasteiger charge is -2.11. The molecule has 2 aromatic carbocycles. The molecule has 4 aromatic rings. The fourth-order valence-electron chi connectivity index (χ4n) is 3.73. The molecule has 0 radical (unpaired) electrons. The number of aryl methyl sites for hydroxylation is 1. The van der Waals surface area contributed by atoms with Gasteiger partial charge in [0.2, 0.25) is 0 Å². The van der Waals surface area contributed by atoms with Crippen LogP contribution in [0, 0.1) is 11.6 Å². The van der Waals surface area contributed by atoms with Crippen molar-refractivity contribution in [1.29, 1.82) is 0 Å². The summed E-state index contributed by atoms with van der Waals surface area (Å²) in [5, 5.41) is 1.15. The van der Waals surface area contributed by atoms with Crippen molar-refractivity contribution in [3.63, 3.8) is 0 Å². The molecule has 0 fully saturated rings. The fourth-order valence-corrected chi connectivity index (χ4v) is 3.97. The van der Waals surface area contributed by atoms with E-state index >= 15 is 0 Å². The van der Waals surface area contributed by atoms with Gasteiger partial charge in [-0.15, -0.1) is 0 Å². The first-order valence-electron chi connectivity index (χ1n) is 8.71. The maximum absolute atomic E-state index is 13.9. The van der Waals surface area contributed by atoms with E-state index in [2.05, 4.69) is 9.55 Å². The second-order valence-corrected chi connectivity index (χ2v) is 7.04. The van der Waals surface area contributed by atoms with Gasteiger partial charge in [-0.2, -0.15) is 0 Å². The van der Waals surface area contributed by atoms with Crippen LogP contribution in [-0.4, -0.2) is 14.5 Å². The molecule has 3 heterocycles. The second-order valence-electron chi connectivity index (χ2n) is 6.64. The normalized spacial score (nSPS) is 13.3. The van der Waals surface area contributed by atoms with E-state index in [9.17, 15) is 8.78 Å². The predicted molar refractivity (Wildman–Crippen MR) is 102 cm³/mol. The van der Waals surface area contributed by atoms with E-state index in [0.717, 1.165) is 59.5 Å². The summed E-state index contributed by atoms with van der Waals surface area (Å²) in [5.41, 5.74) is 3.71. The van der Waals surface area contributed by atoms with Crippen LogP contribution in [0.1, 0.15) is 12.2 Å². The van der Waals surface area contributed by atoms with Gasteiger partial charge < -0.3 is 4.57 Å². The summed E-state index contributed by atoms with van der Waals surface area (Å²) in [6.45, 7) is 0.837. The molecule has 0 saturated heterocycles. The first-order chi connectivity index (χ1) is 13.1. The Hall–Kier alpha value is -2.79. The Morgan fingerprint density at radius 1 is 1.04 bits per heavy atom. The maximum atomic E-state index is 13.9. The molecule has 0 saturated carbocycles. The van der Waals surface area contributed by atoms with Crippen LogP contribution in [0.3, 0.4) is 0 Å². The number of imidazole rings is 1. The summed E-state index contributed by atoms with van der Waals surface area (Å²) in [7, 11) is 0. The lowest BCUT2D eigenvalue weighted by atomic mass is 10.0. The zero-order valence-electron chi connectivity index (χ0n) is 14.2. The number of benzene rings is 2. The highest BCUT2D eigenvalue weighted by Crippen LogP contribution is 2.39. The first-order valence-corrected chi connectivity index (χ1v) is 9.09. The highest BCUT2D eigenvalue weighted by atomic mass is 35.5. The minimum absolute atomic E-state index is 0.148. The Kier molecular flexibility index (Phi) is 3.72. The van der Waals surface area contributed by atoms with Gasteiger partial charge in [-0.05, 0) is 36.8 Å². The number of aromatic nitrogens is 3. The number of rotatable bonds is 2. The minimum atomic E-state index is -0.964. The molecule has 0 N–H and O–H groups in total. The quantitative estimate of drug-likeness (QED) is 0.420. The molecular weight excluding hydrogens is 368 g/mol. The Bertz CT molecular complexity index is 1200. The number of pyridine rings is 1. The average molecular weight is 382 g/mol. The molecule has 0 unspecified atom stereocenters. The van der Waals surface area contributed by atoms with Crippen molar-refractivity contribution in [1.82, 2.24) is 14.5 Å². The van der Waals surface area contributed by atoms with Gasteiger partial charge in [0.05, 0.1) is 21.9 Å². The summed E-state index contributed by atoms with van der Waals surface area (Å²) in [6.07, 6.45) is 3.62. The van der Waals surface area contributed by atoms with E-state index in [1.165, 1.54) is 0 Å². The third-order valence-corrected chi connectivity index (χ3v) is 5.28. The summed E-state index contributed by atoms with van der Waals surface area (Å²) < 4.78 is 29.6. The standard InChI is InChI=1S/C21H14ClF2N3/c22-15-11-17(24)16(23)10-14(15)20-21(27-8-2-4-19(27)26-20)13-5-6-18-12(9-13)3-1-7-25-18/h1,3,5-7,9-11H,2,4,8H2. The molecule has 1 aliphatic rings. The molecule has 0 spiro atoms. The van der Waals surface area contributed by atoms with Crippen molar-refractivity contribution < 1.29 is 8.78 Å². The van der Waals surface area contributed by atoms with Crippen molar-refractivity contribution >= 4 is 22.5 Å². The molecule has 27 heavy (non-hydrogen) atoms. The molecule has 5 rings (SSSR count). The van der Waals surface area contributed by atoms with Gasteiger partial charge in [0.25, 0.3) is 0 Å². The lowest BCUT2D eigenvalue weighted by molar-refractivity contribution is 0.509. The number of nitrogens with zero attached hydrogens (tertiary/aromatic N) is 3. The van der Waals surface area contributed by atoms with Gasteiger partial charge in [0.15, 0.2) is 11.6 Å². The van der Waals surface area contributed by atoms with Gasteiger partial charge in [-0.3, -0.25) is 4.98 Å². The van der Waals surface area contributed by atoms with Crippen LogP contribution in [0.15, 0.2) is 48.7 Å². The van der Waals surface area contributed by atoms with Crippen molar-refractivity contribution in [2.75, 3.05) is 0 Å². The van der Waals surface area contributed by atoms with Gasteiger partial charge in [0, 0.05) is 35.7 Å². The third-order valence-electron chi connectivity index (χ3n) is 4.97. The Morgan fingerprint density at radius 2 is 1.89 bits per heavy atom. The summed E-state index contributed by atoms with van der Waals surface area (Å²) in [5.74, 6) is -0.961. The molecule has 3 nitrogen and oxygen atoms in total. The number of halogens is 3. The van der Waals surface area contributed by atoms with Crippen molar-refractivity contribution in [3.8, 4) is 22.5 Å². The van der Waals surface area contributed by atoms with Gasteiger partial charge in [-0.1, -0.05) is 23.7 Å². The molecule has 0 aliphatic carbocycles. The molecule has 0 bridgehead atoms. The first kappa shape index (κ1) is 16.4. The van der Waals surface area contributed by atoms with Crippen LogP contribution in [0.5, 0.6) is 0 Å². The monoisotopic (exact) mass is 381 g/mol. The van der Waals surface area contributed by atoms with E-state index < -0.39 is 11.6 Å². The average Bonchev–Trinajstić information content (AvgIpc) is 3.25. The Morgan fingerprint density at radius 3 is 2.78 bits per heavy atom. The molecule has 2 aromatic heterocycles. The smallest absolute Gasteiger partial charge is 0.160 e. The fraction of sp³-hybridized carbons (Fsp3) is 0.143. The van der Waals surface area contributed by atoms with Crippen LogP contribution >= 0.6 is 11.6 Å². The van der Waals surface area contributed by atoms with Gasteiger partial charge in [0.1, 0.15) is 5.82 Å². The number of fused-ring (bicyclic) bond motifs is 2. The third kappa shape index (κ3) is 2.61. The zero-order chi connectivity index (χ0) is 18.5. The molecule has 6 heteroatoms. The second kappa shape index (κ2) is 6.13.